The molecule has 0 aliphatic carbocycles. The topological polar surface area (TPSA) is 50.7 Å². The molecule has 4 nitrogen and oxygen atoms in total. The van der Waals surface area contributed by atoms with Gasteiger partial charge in [-0.3, -0.25) is 0 Å². The third-order valence-electron chi connectivity index (χ3n) is 5.93. The van der Waals surface area contributed by atoms with Gasteiger partial charge in [-0.05, 0) is 73.3 Å². The van der Waals surface area contributed by atoms with E-state index >= 15 is 0 Å². The van der Waals surface area contributed by atoms with Crippen LogP contribution in [0.15, 0.2) is 29.8 Å². The van der Waals surface area contributed by atoms with Crippen molar-refractivity contribution in [1.29, 1.82) is 0 Å². The predicted octanol–water partition coefficient (Wildman–Crippen LogP) is 3.15. The van der Waals surface area contributed by atoms with Gasteiger partial charge in [0.15, 0.2) is 0 Å². The predicted molar refractivity (Wildman–Crippen MR) is 98.7 cm³/mol. The Morgan fingerprint density at radius 3 is 2.44 bits per heavy atom. The average Bonchev–Trinajstić information content (AvgIpc) is 3.01. The maximum Gasteiger partial charge on any atom is 0.119 e. The van der Waals surface area contributed by atoms with Crippen molar-refractivity contribution < 1.29 is 14.6 Å². The van der Waals surface area contributed by atoms with Crippen molar-refractivity contribution in [2.45, 2.75) is 50.6 Å². The summed E-state index contributed by atoms with van der Waals surface area (Å²) in [6, 6.07) is 9.58. The number of hydrogen-bond donors (Lipinski definition) is 2. The van der Waals surface area contributed by atoms with E-state index in [0.29, 0.717) is 18.0 Å². The number of aliphatic hydroxyl groups is 1. The van der Waals surface area contributed by atoms with Gasteiger partial charge < -0.3 is 19.9 Å². The number of fused-ring (bicyclic) bond motifs is 2. The molecule has 136 valence electrons. The molecule has 0 spiro atoms. The lowest BCUT2D eigenvalue weighted by atomic mass is 9.89. The fraction of sp³-hybridized carbons (Fsp3) is 0.619. The zero-order chi connectivity index (χ0) is 17.1. The van der Waals surface area contributed by atoms with Crippen molar-refractivity contribution >= 4 is 5.57 Å². The minimum absolute atomic E-state index is 0.169. The van der Waals surface area contributed by atoms with Gasteiger partial charge in [0.1, 0.15) is 5.75 Å². The van der Waals surface area contributed by atoms with Crippen LogP contribution in [0.25, 0.3) is 5.57 Å². The number of hydrogen-bond acceptors (Lipinski definition) is 4. The molecule has 2 N–H and O–H groups in total. The van der Waals surface area contributed by atoms with E-state index in [4.69, 9.17) is 9.47 Å². The van der Waals surface area contributed by atoms with Crippen molar-refractivity contribution in [2.75, 3.05) is 26.4 Å². The minimum atomic E-state index is 0.169. The largest absolute Gasteiger partial charge is 0.493 e. The van der Waals surface area contributed by atoms with Gasteiger partial charge in [0.25, 0.3) is 0 Å². The molecule has 1 aromatic carbocycles. The molecule has 4 heteroatoms. The summed E-state index contributed by atoms with van der Waals surface area (Å²) in [5.74, 6) is 1.55. The molecular formula is C21H29NO3. The first-order valence-corrected chi connectivity index (χ1v) is 9.70. The highest BCUT2D eigenvalue weighted by Gasteiger charge is 2.30. The van der Waals surface area contributed by atoms with Crippen LogP contribution < -0.4 is 10.1 Å². The quantitative estimate of drug-likeness (QED) is 0.862. The lowest BCUT2D eigenvalue weighted by Gasteiger charge is -2.22. The average molecular weight is 343 g/mol. The van der Waals surface area contributed by atoms with Crippen molar-refractivity contribution in [3.05, 3.63) is 35.4 Å². The van der Waals surface area contributed by atoms with Crippen molar-refractivity contribution in [1.82, 2.24) is 5.32 Å². The summed E-state index contributed by atoms with van der Waals surface area (Å²) in [5, 5.41) is 13.5. The molecule has 2 saturated heterocycles. The molecule has 2 unspecified atom stereocenters. The first-order valence-electron chi connectivity index (χ1n) is 9.70. The van der Waals surface area contributed by atoms with E-state index in [1.807, 2.05) is 0 Å². The van der Waals surface area contributed by atoms with Crippen LogP contribution in [-0.2, 0) is 4.74 Å². The number of nitrogens with one attached hydrogen (secondary N) is 1. The highest BCUT2D eigenvalue weighted by Crippen LogP contribution is 2.35. The van der Waals surface area contributed by atoms with E-state index in [2.05, 4.69) is 29.6 Å². The van der Waals surface area contributed by atoms with Gasteiger partial charge in [-0.15, -0.1) is 0 Å². The molecular weight excluding hydrogens is 314 g/mol. The molecule has 3 aliphatic heterocycles. The minimum Gasteiger partial charge on any atom is -0.493 e. The monoisotopic (exact) mass is 343 g/mol. The second-order valence-electron chi connectivity index (χ2n) is 7.68. The molecule has 2 atom stereocenters. The zero-order valence-corrected chi connectivity index (χ0v) is 14.9. The van der Waals surface area contributed by atoms with E-state index < -0.39 is 0 Å². The highest BCUT2D eigenvalue weighted by molar-refractivity contribution is 5.70. The Labute approximate surface area is 150 Å². The molecule has 25 heavy (non-hydrogen) atoms. The molecule has 3 heterocycles. The van der Waals surface area contributed by atoms with Crippen LogP contribution >= 0.6 is 0 Å². The Balaban J connectivity index is 1.43. The second-order valence-corrected chi connectivity index (χ2v) is 7.68. The van der Waals surface area contributed by atoms with Gasteiger partial charge >= 0.3 is 0 Å². The molecule has 2 bridgehead atoms. The van der Waals surface area contributed by atoms with Crippen LogP contribution in [0.4, 0.5) is 0 Å². The summed E-state index contributed by atoms with van der Waals surface area (Å²) in [6.45, 7) is 2.67. The summed E-state index contributed by atoms with van der Waals surface area (Å²) in [7, 11) is 0. The van der Waals surface area contributed by atoms with Gasteiger partial charge in [-0.1, -0.05) is 12.1 Å². The van der Waals surface area contributed by atoms with E-state index in [1.54, 1.807) is 0 Å². The molecule has 1 aromatic rings. The molecule has 4 rings (SSSR count). The first kappa shape index (κ1) is 17.1. The third-order valence-corrected chi connectivity index (χ3v) is 5.93. The molecule has 0 saturated carbocycles. The van der Waals surface area contributed by atoms with Crippen molar-refractivity contribution in [3.8, 4) is 5.75 Å². The Hall–Kier alpha value is -1.36. The summed E-state index contributed by atoms with van der Waals surface area (Å²) in [5.41, 5.74) is 3.77. The molecule has 2 fully saturated rings. The summed E-state index contributed by atoms with van der Waals surface area (Å²) < 4.78 is 11.4. The first-order chi connectivity index (χ1) is 12.3. The smallest absolute Gasteiger partial charge is 0.119 e. The number of ether oxygens (including phenoxy) is 2. The standard InChI is InChI=1S/C21H29NO3/c23-13-17-11-18-3-4-19(22-18)12-21(17)16-1-5-20(6-2-16)25-14-15-7-9-24-10-8-15/h1-2,5-6,15,18-19,22-23H,3-4,7-14H2. The molecule has 0 aromatic heterocycles. The van der Waals surface area contributed by atoms with E-state index in [0.717, 1.165) is 51.3 Å². The Kier molecular flexibility index (Phi) is 5.39. The van der Waals surface area contributed by atoms with E-state index in [1.165, 1.54) is 29.6 Å². The van der Waals surface area contributed by atoms with Crippen molar-refractivity contribution in [2.24, 2.45) is 5.92 Å². The van der Waals surface area contributed by atoms with Crippen LogP contribution in [0.2, 0.25) is 0 Å². The van der Waals surface area contributed by atoms with Gasteiger partial charge in [0, 0.05) is 25.3 Å². The maximum absolute atomic E-state index is 9.84. The Bertz CT molecular complexity index is 604. The number of rotatable bonds is 5. The van der Waals surface area contributed by atoms with E-state index in [9.17, 15) is 5.11 Å². The lowest BCUT2D eigenvalue weighted by Crippen LogP contribution is -2.27. The number of aliphatic hydroxyl groups excluding tert-OH is 1. The van der Waals surface area contributed by atoms with Gasteiger partial charge in [0.05, 0.1) is 13.2 Å². The SMILES string of the molecule is OCC1=C(c2ccc(OCC3CCOCC3)cc2)CC2CCC(C1)N2. The van der Waals surface area contributed by atoms with Crippen LogP contribution in [0, 0.1) is 5.92 Å². The maximum atomic E-state index is 9.84. The number of benzene rings is 1. The lowest BCUT2D eigenvalue weighted by molar-refractivity contribution is 0.0497. The Morgan fingerprint density at radius 1 is 1.00 bits per heavy atom. The van der Waals surface area contributed by atoms with E-state index in [-0.39, 0.29) is 6.61 Å². The van der Waals surface area contributed by atoms with Crippen LogP contribution in [0.3, 0.4) is 0 Å². The fourth-order valence-electron chi connectivity index (χ4n) is 4.40. The third kappa shape index (κ3) is 4.08. The zero-order valence-electron chi connectivity index (χ0n) is 14.9. The van der Waals surface area contributed by atoms with Crippen LogP contribution in [0.5, 0.6) is 5.75 Å². The van der Waals surface area contributed by atoms with Gasteiger partial charge in [-0.2, -0.15) is 0 Å². The highest BCUT2D eigenvalue weighted by atomic mass is 16.5. The van der Waals surface area contributed by atoms with Gasteiger partial charge in [-0.25, -0.2) is 0 Å². The molecule has 0 amide bonds. The molecule has 3 aliphatic rings. The fourth-order valence-corrected chi connectivity index (χ4v) is 4.40. The second kappa shape index (κ2) is 7.90. The van der Waals surface area contributed by atoms with Crippen molar-refractivity contribution in [3.63, 3.8) is 0 Å². The normalized spacial score (nSPS) is 27.4. The van der Waals surface area contributed by atoms with Crippen LogP contribution in [-0.4, -0.2) is 43.6 Å². The summed E-state index contributed by atoms with van der Waals surface area (Å²) in [6.07, 6.45) is 6.68. The van der Waals surface area contributed by atoms with Gasteiger partial charge in [0.2, 0.25) is 0 Å². The molecule has 0 radical (unpaired) electrons. The summed E-state index contributed by atoms with van der Waals surface area (Å²) in [4.78, 5) is 0. The summed E-state index contributed by atoms with van der Waals surface area (Å²) >= 11 is 0. The Morgan fingerprint density at radius 2 is 1.72 bits per heavy atom. The van der Waals surface area contributed by atoms with Crippen LogP contribution in [0.1, 0.15) is 44.1 Å².